The molecule has 1 aromatic carbocycles. The molecule has 1 aromatic heterocycles. The van der Waals surface area contributed by atoms with Gasteiger partial charge in [0.05, 0.1) is 29.0 Å². The number of ketones is 1. The van der Waals surface area contributed by atoms with Gasteiger partial charge in [-0.15, -0.1) is 0 Å². The van der Waals surface area contributed by atoms with Crippen molar-refractivity contribution in [2.45, 2.75) is 26.3 Å². The number of carbonyl (C=O) groups is 2. The lowest BCUT2D eigenvalue weighted by Crippen LogP contribution is -2.36. The van der Waals surface area contributed by atoms with E-state index >= 15 is 0 Å². The van der Waals surface area contributed by atoms with Crippen molar-refractivity contribution < 1.29 is 14.7 Å². The van der Waals surface area contributed by atoms with Gasteiger partial charge < -0.3 is 10.1 Å². The number of carbonyl (C=O) groups excluding carboxylic acids is 2. The van der Waals surface area contributed by atoms with Gasteiger partial charge in [-0.2, -0.15) is 0 Å². The van der Waals surface area contributed by atoms with Gasteiger partial charge in [0.15, 0.2) is 11.5 Å². The third-order valence-electron chi connectivity index (χ3n) is 3.77. The number of fused-ring (bicyclic) bond motifs is 1. The first-order valence-corrected chi connectivity index (χ1v) is 6.75. The Morgan fingerprint density at radius 1 is 1.48 bits per heavy atom. The number of rotatable bonds is 3. The van der Waals surface area contributed by atoms with E-state index in [0.29, 0.717) is 12.1 Å². The third kappa shape index (κ3) is 1.91. The standard InChI is InChI=1S/C15H15N3O3/c1-3-12-13(8(2)19)14(20)15(21)18(12)9-4-5-10-11(6-9)17-7-16-10/h4-7,12,20H,3H2,1-2H3,(H,16,17). The fourth-order valence-electron chi connectivity index (χ4n) is 2.81. The molecule has 0 bridgehead atoms. The second kappa shape index (κ2) is 4.73. The van der Waals surface area contributed by atoms with E-state index in [0.717, 1.165) is 11.0 Å². The highest BCUT2D eigenvalue weighted by Crippen LogP contribution is 2.33. The number of aromatic nitrogens is 2. The van der Waals surface area contributed by atoms with Crippen LogP contribution in [0.25, 0.3) is 11.0 Å². The minimum atomic E-state index is -0.540. The van der Waals surface area contributed by atoms with E-state index in [1.54, 1.807) is 18.5 Å². The summed E-state index contributed by atoms with van der Waals surface area (Å²) >= 11 is 0. The largest absolute Gasteiger partial charge is 0.503 e. The lowest BCUT2D eigenvalue weighted by atomic mass is 10.0. The van der Waals surface area contributed by atoms with Crippen molar-refractivity contribution in [2.24, 2.45) is 0 Å². The maximum Gasteiger partial charge on any atom is 0.294 e. The van der Waals surface area contributed by atoms with Crippen molar-refractivity contribution >= 4 is 28.4 Å². The Balaban J connectivity index is 2.09. The average molecular weight is 285 g/mol. The predicted octanol–water partition coefficient (Wildman–Crippen LogP) is 2.09. The molecule has 0 fully saturated rings. The van der Waals surface area contributed by atoms with E-state index < -0.39 is 17.7 Å². The van der Waals surface area contributed by atoms with E-state index in [1.807, 2.05) is 13.0 Å². The van der Waals surface area contributed by atoms with Crippen LogP contribution in [0.4, 0.5) is 5.69 Å². The lowest BCUT2D eigenvalue weighted by Gasteiger charge is -2.25. The van der Waals surface area contributed by atoms with E-state index in [9.17, 15) is 14.7 Å². The molecule has 1 aliphatic heterocycles. The molecule has 108 valence electrons. The van der Waals surface area contributed by atoms with E-state index in [-0.39, 0.29) is 11.4 Å². The van der Waals surface area contributed by atoms with Crippen molar-refractivity contribution in [3.05, 3.63) is 35.9 Å². The predicted molar refractivity (Wildman–Crippen MR) is 78.0 cm³/mol. The molecule has 1 amide bonds. The maximum atomic E-state index is 12.3. The van der Waals surface area contributed by atoms with Crippen LogP contribution < -0.4 is 4.90 Å². The molecule has 6 nitrogen and oxygen atoms in total. The van der Waals surface area contributed by atoms with Gasteiger partial charge in [-0.3, -0.25) is 14.5 Å². The Morgan fingerprint density at radius 2 is 2.24 bits per heavy atom. The number of imidazole rings is 1. The van der Waals surface area contributed by atoms with Crippen LogP contribution in [0.5, 0.6) is 0 Å². The summed E-state index contributed by atoms with van der Waals surface area (Å²) in [5.41, 5.74) is 2.40. The molecule has 0 saturated carbocycles. The molecule has 0 saturated heterocycles. The Bertz CT molecular complexity index is 775. The molecular formula is C15H15N3O3. The van der Waals surface area contributed by atoms with Crippen LogP contribution >= 0.6 is 0 Å². The second-order valence-corrected chi connectivity index (χ2v) is 5.02. The van der Waals surface area contributed by atoms with Crippen LogP contribution in [0.15, 0.2) is 35.9 Å². The second-order valence-electron chi connectivity index (χ2n) is 5.02. The van der Waals surface area contributed by atoms with Crippen LogP contribution in [0.3, 0.4) is 0 Å². The molecule has 3 rings (SSSR count). The van der Waals surface area contributed by atoms with Crippen molar-refractivity contribution in [2.75, 3.05) is 4.90 Å². The molecule has 2 N–H and O–H groups in total. The van der Waals surface area contributed by atoms with Gasteiger partial charge in [0.2, 0.25) is 0 Å². The number of anilines is 1. The molecule has 1 unspecified atom stereocenters. The molecule has 21 heavy (non-hydrogen) atoms. The Kier molecular flexibility index (Phi) is 3.01. The first kappa shape index (κ1) is 13.4. The number of Topliss-reactive ketones (excluding diaryl/α,β-unsaturated/α-hetero) is 1. The van der Waals surface area contributed by atoms with Gasteiger partial charge in [-0.1, -0.05) is 6.92 Å². The lowest BCUT2D eigenvalue weighted by molar-refractivity contribution is -0.117. The molecule has 0 spiro atoms. The van der Waals surface area contributed by atoms with Crippen molar-refractivity contribution in [3.63, 3.8) is 0 Å². The molecule has 1 aliphatic rings. The first-order valence-electron chi connectivity index (χ1n) is 6.75. The number of hydrogen-bond donors (Lipinski definition) is 2. The summed E-state index contributed by atoms with van der Waals surface area (Å²) in [4.78, 5) is 32.6. The number of hydrogen-bond acceptors (Lipinski definition) is 4. The highest BCUT2D eigenvalue weighted by molar-refractivity contribution is 6.16. The van der Waals surface area contributed by atoms with Gasteiger partial charge in [-0.25, -0.2) is 4.98 Å². The number of amides is 1. The van der Waals surface area contributed by atoms with Crippen molar-refractivity contribution in [1.82, 2.24) is 9.97 Å². The van der Waals surface area contributed by atoms with Gasteiger partial charge in [0, 0.05) is 5.69 Å². The quantitative estimate of drug-likeness (QED) is 0.904. The summed E-state index contributed by atoms with van der Waals surface area (Å²) in [5.74, 6) is -1.27. The maximum absolute atomic E-state index is 12.3. The summed E-state index contributed by atoms with van der Waals surface area (Å²) < 4.78 is 0. The van der Waals surface area contributed by atoms with E-state index in [1.165, 1.54) is 11.8 Å². The highest BCUT2D eigenvalue weighted by atomic mass is 16.3. The Hall–Kier alpha value is -2.63. The number of benzene rings is 1. The average Bonchev–Trinajstić information content (AvgIpc) is 3.01. The van der Waals surface area contributed by atoms with E-state index in [2.05, 4.69) is 9.97 Å². The fourth-order valence-corrected chi connectivity index (χ4v) is 2.81. The molecular weight excluding hydrogens is 270 g/mol. The molecule has 0 aliphatic carbocycles. The zero-order valence-electron chi connectivity index (χ0n) is 11.8. The Morgan fingerprint density at radius 3 is 2.90 bits per heavy atom. The summed E-state index contributed by atoms with van der Waals surface area (Å²) in [7, 11) is 0. The number of aliphatic hydroxyl groups is 1. The number of nitrogens with zero attached hydrogens (tertiary/aromatic N) is 2. The van der Waals surface area contributed by atoms with Gasteiger partial charge in [-0.05, 0) is 31.5 Å². The molecule has 2 aromatic rings. The van der Waals surface area contributed by atoms with Gasteiger partial charge in [0.25, 0.3) is 5.91 Å². The molecule has 0 radical (unpaired) electrons. The molecule has 2 heterocycles. The van der Waals surface area contributed by atoms with Crippen LogP contribution in [0.2, 0.25) is 0 Å². The first-order chi connectivity index (χ1) is 10.0. The van der Waals surface area contributed by atoms with Crippen molar-refractivity contribution in [1.29, 1.82) is 0 Å². The summed E-state index contributed by atoms with van der Waals surface area (Å²) in [5, 5.41) is 9.98. The minimum Gasteiger partial charge on any atom is -0.503 e. The summed E-state index contributed by atoms with van der Waals surface area (Å²) in [6.07, 6.45) is 2.12. The highest BCUT2D eigenvalue weighted by Gasteiger charge is 2.41. The number of nitrogens with one attached hydrogen (secondary N) is 1. The van der Waals surface area contributed by atoms with Crippen LogP contribution in [-0.4, -0.2) is 32.8 Å². The summed E-state index contributed by atoms with van der Waals surface area (Å²) in [6, 6.07) is 4.92. The monoisotopic (exact) mass is 285 g/mol. The topological polar surface area (TPSA) is 86.3 Å². The minimum absolute atomic E-state index is 0.185. The van der Waals surface area contributed by atoms with Gasteiger partial charge >= 0.3 is 0 Å². The van der Waals surface area contributed by atoms with Crippen LogP contribution in [0.1, 0.15) is 20.3 Å². The normalized spacial score (nSPS) is 18.9. The van der Waals surface area contributed by atoms with Crippen LogP contribution in [-0.2, 0) is 9.59 Å². The number of aliphatic hydroxyl groups excluding tert-OH is 1. The molecule has 1 atom stereocenters. The van der Waals surface area contributed by atoms with Crippen LogP contribution in [0, 0.1) is 0 Å². The molecule has 6 heteroatoms. The number of aromatic amines is 1. The third-order valence-corrected chi connectivity index (χ3v) is 3.77. The van der Waals surface area contributed by atoms with Gasteiger partial charge in [0.1, 0.15) is 0 Å². The number of H-pyrrole nitrogens is 1. The van der Waals surface area contributed by atoms with Crippen molar-refractivity contribution in [3.8, 4) is 0 Å². The Labute approximate surface area is 121 Å². The zero-order chi connectivity index (χ0) is 15.1. The fraction of sp³-hybridized carbons (Fsp3) is 0.267. The zero-order valence-corrected chi connectivity index (χ0v) is 11.8. The smallest absolute Gasteiger partial charge is 0.294 e. The van der Waals surface area contributed by atoms with E-state index in [4.69, 9.17) is 0 Å². The SMILES string of the molecule is CCC1C(C(C)=O)=C(O)C(=O)N1c1ccc2[nH]cnc2c1. The summed E-state index contributed by atoms with van der Waals surface area (Å²) in [6.45, 7) is 3.24.